The standard InChI is InChI=1S/C21H19BrN4OS/c22-17-11-9-16(10-12-17)19(15-5-2-1-3-6-15)25-26-21(28)24-20-23-13-18(27-20)14-7-4-8-14/h1-3,5-6,9-14H,4,7-8H2,(H2,23,24,26,28)/b25-19+. The van der Waals surface area contributed by atoms with Crippen LogP contribution >= 0.6 is 28.1 Å². The molecule has 1 heterocycles. The molecule has 2 aromatic carbocycles. The Morgan fingerprint density at radius 3 is 2.46 bits per heavy atom. The Morgan fingerprint density at radius 2 is 1.79 bits per heavy atom. The SMILES string of the molecule is S=C(N/N=C(\c1ccccc1)c1ccc(Br)cc1)Nc1ncc(C2CCC2)o1. The molecule has 0 aliphatic heterocycles. The molecule has 1 aromatic heterocycles. The van der Waals surface area contributed by atoms with E-state index in [9.17, 15) is 0 Å². The molecule has 0 amide bonds. The molecule has 1 fully saturated rings. The van der Waals surface area contributed by atoms with Gasteiger partial charge >= 0.3 is 6.01 Å². The lowest BCUT2D eigenvalue weighted by Gasteiger charge is -2.22. The molecule has 0 atom stereocenters. The van der Waals surface area contributed by atoms with Gasteiger partial charge in [0, 0.05) is 21.5 Å². The Hall–Kier alpha value is -2.51. The summed E-state index contributed by atoms with van der Waals surface area (Å²) in [5.74, 6) is 1.41. The highest BCUT2D eigenvalue weighted by atomic mass is 79.9. The van der Waals surface area contributed by atoms with Crippen molar-refractivity contribution in [2.24, 2.45) is 5.10 Å². The van der Waals surface area contributed by atoms with Gasteiger partial charge in [-0.05, 0) is 37.2 Å². The molecule has 2 N–H and O–H groups in total. The van der Waals surface area contributed by atoms with Gasteiger partial charge in [-0.1, -0.05) is 64.8 Å². The molecule has 7 heteroatoms. The lowest BCUT2D eigenvalue weighted by atomic mass is 9.84. The van der Waals surface area contributed by atoms with Gasteiger partial charge in [-0.25, -0.2) is 4.98 Å². The first-order valence-corrected chi connectivity index (χ1v) is 10.3. The number of oxazole rings is 1. The van der Waals surface area contributed by atoms with Crippen LogP contribution in [0.1, 0.15) is 42.1 Å². The smallest absolute Gasteiger partial charge is 0.301 e. The number of hydrogen-bond acceptors (Lipinski definition) is 4. The van der Waals surface area contributed by atoms with Crippen molar-refractivity contribution in [2.75, 3.05) is 5.32 Å². The van der Waals surface area contributed by atoms with E-state index in [2.05, 4.69) is 36.8 Å². The average molecular weight is 455 g/mol. The van der Waals surface area contributed by atoms with Crippen LogP contribution in [0.5, 0.6) is 0 Å². The van der Waals surface area contributed by atoms with Crippen molar-refractivity contribution in [3.05, 3.63) is 82.2 Å². The summed E-state index contributed by atoms with van der Waals surface area (Å²) in [6, 6.07) is 18.3. The van der Waals surface area contributed by atoms with Crippen LogP contribution in [0.25, 0.3) is 0 Å². The second-order valence-electron chi connectivity index (χ2n) is 6.59. The number of nitrogens with one attached hydrogen (secondary N) is 2. The summed E-state index contributed by atoms with van der Waals surface area (Å²) in [5, 5.41) is 7.82. The largest absolute Gasteiger partial charge is 0.428 e. The predicted molar refractivity (Wildman–Crippen MR) is 119 cm³/mol. The average Bonchev–Trinajstić information content (AvgIpc) is 3.10. The summed E-state index contributed by atoms with van der Waals surface area (Å²) in [7, 11) is 0. The molecule has 0 bridgehead atoms. The Balaban J connectivity index is 1.49. The van der Waals surface area contributed by atoms with Crippen LogP contribution in [0, 0.1) is 0 Å². The van der Waals surface area contributed by atoms with Crippen LogP contribution in [-0.4, -0.2) is 15.8 Å². The third-order valence-electron chi connectivity index (χ3n) is 4.69. The molecule has 142 valence electrons. The van der Waals surface area contributed by atoms with Gasteiger partial charge in [-0.3, -0.25) is 10.7 Å². The molecule has 0 spiro atoms. The zero-order valence-electron chi connectivity index (χ0n) is 15.1. The van der Waals surface area contributed by atoms with E-state index in [0.717, 1.165) is 39.9 Å². The van der Waals surface area contributed by atoms with Crippen LogP contribution < -0.4 is 10.7 Å². The summed E-state index contributed by atoms with van der Waals surface area (Å²) >= 11 is 8.82. The molecule has 5 nitrogen and oxygen atoms in total. The minimum atomic E-state index is 0.326. The van der Waals surface area contributed by atoms with Gasteiger partial charge in [-0.2, -0.15) is 5.10 Å². The normalized spacial score (nSPS) is 14.4. The van der Waals surface area contributed by atoms with Gasteiger partial charge < -0.3 is 4.42 Å². The predicted octanol–water partition coefficient (Wildman–Crippen LogP) is 5.44. The topological polar surface area (TPSA) is 62.5 Å². The van der Waals surface area contributed by atoms with Crippen molar-refractivity contribution in [1.82, 2.24) is 10.4 Å². The first-order valence-electron chi connectivity index (χ1n) is 9.11. The number of hydrazone groups is 1. The number of aromatic nitrogens is 1. The van der Waals surface area contributed by atoms with E-state index in [1.54, 1.807) is 6.20 Å². The highest BCUT2D eigenvalue weighted by molar-refractivity contribution is 9.10. The van der Waals surface area contributed by atoms with Crippen LogP contribution in [-0.2, 0) is 0 Å². The van der Waals surface area contributed by atoms with Gasteiger partial charge in [0.05, 0.1) is 11.9 Å². The lowest BCUT2D eigenvalue weighted by molar-refractivity contribution is 0.351. The molecule has 0 unspecified atom stereocenters. The van der Waals surface area contributed by atoms with E-state index in [1.807, 2.05) is 54.6 Å². The fraction of sp³-hybridized carbons (Fsp3) is 0.190. The lowest BCUT2D eigenvalue weighted by Crippen LogP contribution is -2.25. The second kappa shape index (κ2) is 8.67. The number of nitrogens with zero attached hydrogens (tertiary/aromatic N) is 2. The number of halogens is 1. The number of anilines is 1. The van der Waals surface area contributed by atoms with Gasteiger partial charge in [-0.15, -0.1) is 0 Å². The van der Waals surface area contributed by atoms with E-state index in [0.29, 0.717) is 17.0 Å². The van der Waals surface area contributed by atoms with Crippen molar-refractivity contribution in [3.8, 4) is 0 Å². The van der Waals surface area contributed by atoms with E-state index in [1.165, 1.54) is 6.42 Å². The Labute approximate surface area is 177 Å². The molecule has 3 aromatic rings. The summed E-state index contributed by atoms with van der Waals surface area (Å²) in [6.07, 6.45) is 5.35. The van der Waals surface area contributed by atoms with Crippen molar-refractivity contribution < 1.29 is 4.42 Å². The molecule has 1 aliphatic rings. The van der Waals surface area contributed by atoms with Crippen LogP contribution in [0.3, 0.4) is 0 Å². The van der Waals surface area contributed by atoms with Crippen molar-refractivity contribution in [2.45, 2.75) is 25.2 Å². The summed E-state index contributed by atoms with van der Waals surface area (Å²) in [6.45, 7) is 0. The third-order valence-corrected chi connectivity index (χ3v) is 5.41. The Kier molecular flexibility index (Phi) is 5.83. The monoisotopic (exact) mass is 454 g/mol. The molecular formula is C21H19BrN4OS. The van der Waals surface area contributed by atoms with Gasteiger partial charge in [0.25, 0.3) is 0 Å². The van der Waals surface area contributed by atoms with Crippen LogP contribution in [0.2, 0.25) is 0 Å². The molecular weight excluding hydrogens is 436 g/mol. The Morgan fingerprint density at radius 1 is 1.07 bits per heavy atom. The Bertz CT molecular complexity index is 981. The molecule has 0 saturated heterocycles. The number of thiocarbonyl (C=S) groups is 1. The van der Waals surface area contributed by atoms with E-state index in [-0.39, 0.29) is 0 Å². The summed E-state index contributed by atoms with van der Waals surface area (Å²) in [4.78, 5) is 4.25. The summed E-state index contributed by atoms with van der Waals surface area (Å²) in [5.41, 5.74) is 5.67. The van der Waals surface area contributed by atoms with Crippen molar-refractivity contribution in [3.63, 3.8) is 0 Å². The maximum Gasteiger partial charge on any atom is 0.301 e. The number of benzene rings is 2. The summed E-state index contributed by atoms with van der Waals surface area (Å²) < 4.78 is 6.76. The molecule has 28 heavy (non-hydrogen) atoms. The molecule has 1 aliphatic carbocycles. The zero-order chi connectivity index (χ0) is 19.3. The highest BCUT2D eigenvalue weighted by Gasteiger charge is 2.23. The second-order valence-corrected chi connectivity index (χ2v) is 7.92. The van der Waals surface area contributed by atoms with Crippen LogP contribution in [0.4, 0.5) is 6.01 Å². The van der Waals surface area contributed by atoms with Gasteiger partial charge in [0.2, 0.25) is 0 Å². The maximum absolute atomic E-state index is 5.74. The fourth-order valence-corrected chi connectivity index (χ4v) is 3.35. The third kappa shape index (κ3) is 4.48. The van der Waals surface area contributed by atoms with Gasteiger partial charge in [0.15, 0.2) is 5.11 Å². The fourth-order valence-electron chi connectivity index (χ4n) is 2.96. The molecule has 1 saturated carbocycles. The minimum absolute atomic E-state index is 0.326. The molecule has 4 rings (SSSR count). The number of rotatable bonds is 5. The zero-order valence-corrected chi connectivity index (χ0v) is 17.5. The van der Waals surface area contributed by atoms with Crippen molar-refractivity contribution in [1.29, 1.82) is 0 Å². The maximum atomic E-state index is 5.74. The first kappa shape index (κ1) is 18.8. The van der Waals surface area contributed by atoms with E-state index < -0.39 is 0 Å². The van der Waals surface area contributed by atoms with Crippen LogP contribution in [0.15, 0.2) is 74.8 Å². The van der Waals surface area contributed by atoms with Crippen molar-refractivity contribution >= 4 is 45.0 Å². The first-order chi connectivity index (χ1) is 13.7. The molecule has 0 radical (unpaired) electrons. The quantitative estimate of drug-likeness (QED) is 0.305. The number of hydrogen-bond donors (Lipinski definition) is 2. The highest BCUT2D eigenvalue weighted by Crippen LogP contribution is 2.37. The minimum Gasteiger partial charge on any atom is -0.428 e. The van der Waals surface area contributed by atoms with E-state index >= 15 is 0 Å². The van der Waals surface area contributed by atoms with E-state index in [4.69, 9.17) is 16.6 Å². The van der Waals surface area contributed by atoms with Gasteiger partial charge in [0.1, 0.15) is 5.76 Å².